The maximum Gasteiger partial charge on any atom is 0.226 e. The third-order valence-electron chi connectivity index (χ3n) is 6.20. The van der Waals surface area contributed by atoms with Crippen molar-refractivity contribution in [1.29, 1.82) is 0 Å². The molecule has 3 aliphatic heterocycles. The molecule has 6 heteroatoms. The Labute approximate surface area is 164 Å². The summed E-state index contributed by atoms with van der Waals surface area (Å²) in [6.07, 6.45) is 5.76. The summed E-state index contributed by atoms with van der Waals surface area (Å²) in [5.41, 5.74) is 4.15. The molecule has 0 saturated carbocycles. The molecule has 0 unspecified atom stereocenters. The molecule has 4 heterocycles. The Kier molecular flexibility index (Phi) is 4.31. The van der Waals surface area contributed by atoms with Crippen molar-refractivity contribution in [2.75, 3.05) is 26.3 Å². The van der Waals surface area contributed by atoms with Crippen LogP contribution in [0.15, 0.2) is 24.4 Å². The van der Waals surface area contributed by atoms with Crippen LogP contribution in [0.4, 0.5) is 0 Å². The zero-order chi connectivity index (χ0) is 19.1. The zero-order valence-corrected chi connectivity index (χ0v) is 16.2. The predicted octanol–water partition coefficient (Wildman–Crippen LogP) is 2.35. The fourth-order valence-electron chi connectivity index (χ4n) is 4.63. The van der Waals surface area contributed by atoms with Crippen LogP contribution in [-0.4, -0.2) is 47.1 Å². The van der Waals surface area contributed by atoms with Gasteiger partial charge in [-0.1, -0.05) is 12.1 Å². The summed E-state index contributed by atoms with van der Waals surface area (Å²) >= 11 is 0. The molecule has 1 amide bonds. The molecule has 1 spiro atoms. The lowest BCUT2D eigenvalue weighted by molar-refractivity contribution is -0.140. The standard InChI is InChI=1S/C22H25N3O3/c1-15-23-14-18-5-11-28-22(21(18)24-15)6-8-25(9-7-22)20(26)13-16-2-3-19-17(12-16)4-10-27-19/h2-3,12,14H,4-11,13H2,1H3. The van der Waals surface area contributed by atoms with Crippen LogP contribution >= 0.6 is 0 Å². The van der Waals surface area contributed by atoms with Crippen LogP contribution in [0, 0.1) is 6.92 Å². The molecule has 1 aromatic heterocycles. The van der Waals surface area contributed by atoms with Crippen LogP contribution < -0.4 is 4.74 Å². The molecule has 146 valence electrons. The first-order valence-corrected chi connectivity index (χ1v) is 10.1. The van der Waals surface area contributed by atoms with Gasteiger partial charge < -0.3 is 14.4 Å². The summed E-state index contributed by atoms with van der Waals surface area (Å²) in [5.74, 6) is 1.92. The summed E-state index contributed by atoms with van der Waals surface area (Å²) in [5, 5.41) is 0. The highest BCUT2D eigenvalue weighted by Crippen LogP contribution is 2.40. The van der Waals surface area contributed by atoms with Gasteiger partial charge in [0.15, 0.2) is 0 Å². The van der Waals surface area contributed by atoms with Crippen molar-refractivity contribution in [1.82, 2.24) is 14.9 Å². The van der Waals surface area contributed by atoms with Crippen LogP contribution in [0.1, 0.15) is 41.1 Å². The van der Waals surface area contributed by atoms with Gasteiger partial charge in [-0.05, 0) is 48.9 Å². The zero-order valence-electron chi connectivity index (χ0n) is 16.2. The Bertz CT molecular complexity index is 919. The number of carbonyl (C=O) groups excluding carboxylic acids is 1. The topological polar surface area (TPSA) is 64.6 Å². The molecule has 6 nitrogen and oxygen atoms in total. The van der Waals surface area contributed by atoms with Crippen molar-refractivity contribution < 1.29 is 14.3 Å². The van der Waals surface area contributed by atoms with Crippen molar-refractivity contribution in [2.24, 2.45) is 0 Å². The normalized spacial score (nSPS) is 19.8. The number of piperidine rings is 1. The quantitative estimate of drug-likeness (QED) is 0.801. The lowest BCUT2D eigenvalue weighted by Gasteiger charge is -2.44. The van der Waals surface area contributed by atoms with Gasteiger partial charge in [0.1, 0.15) is 17.2 Å². The van der Waals surface area contributed by atoms with Crippen LogP contribution in [0.2, 0.25) is 0 Å². The number of likely N-dealkylation sites (tertiary alicyclic amines) is 1. The number of nitrogens with zero attached hydrogens (tertiary/aromatic N) is 3. The average molecular weight is 379 g/mol. The van der Waals surface area contributed by atoms with Crippen molar-refractivity contribution >= 4 is 5.91 Å². The number of aryl methyl sites for hydroxylation is 1. The van der Waals surface area contributed by atoms with E-state index in [1.54, 1.807) is 0 Å². The molecule has 3 aliphatic rings. The van der Waals surface area contributed by atoms with Crippen LogP contribution in [-0.2, 0) is 34.4 Å². The number of rotatable bonds is 2. The number of carbonyl (C=O) groups is 1. The third kappa shape index (κ3) is 3.05. The Hall–Kier alpha value is -2.47. The molecule has 0 aliphatic carbocycles. The smallest absolute Gasteiger partial charge is 0.226 e. The monoisotopic (exact) mass is 379 g/mol. The van der Waals surface area contributed by atoms with Crippen LogP contribution in [0.5, 0.6) is 5.75 Å². The molecule has 1 aromatic carbocycles. The average Bonchev–Trinajstić information content (AvgIpc) is 3.17. The molecule has 0 N–H and O–H groups in total. The highest BCUT2D eigenvalue weighted by Gasteiger charge is 2.43. The van der Waals surface area contributed by atoms with E-state index in [1.165, 1.54) is 11.1 Å². The van der Waals surface area contributed by atoms with Gasteiger partial charge in [-0.25, -0.2) is 9.97 Å². The van der Waals surface area contributed by atoms with Crippen LogP contribution in [0.25, 0.3) is 0 Å². The number of hydrogen-bond acceptors (Lipinski definition) is 5. The lowest BCUT2D eigenvalue weighted by Crippen LogP contribution is -2.49. The van der Waals surface area contributed by atoms with Gasteiger partial charge in [0, 0.05) is 25.7 Å². The highest BCUT2D eigenvalue weighted by atomic mass is 16.5. The first-order chi connectivity index (χ1) is 13.6. The number of benzene rings is 1. The maximum absolute atomic E-state index is 12.9. The van der Waals surface area contributed by atoms with Gasteiger partial charge in [-0.15, -0.1) is 0 Å². The summed E-state index contributed by atoms with van der Waals surface area (Å²) < 4.78 is 11.8. The summed E-state index contributed by atoms with van der Waals surface area (Å²) in [6, 6.07) is 6.12. The van der Waals surface area contributed by atoms with Crippen molar-refractivity contribution in [3.8, 4) is 5.75 Å². The fraction of sp³-hybridized carbons (Fsp3) is 0.500. The van der Waals surface area contributed by atoms with Gasteiger partial charge in [-0.2, -0.15) is 0 Å². The van der Waals surface area contributed by atoms with E-state index in [-0.39, 0.29) is 11.5 Å². The summed E-state index contributed by atoms with van der Waals surface area (Å²) in [4.78, 5) is 23.9. The Morgan fingerprint density at radius 3 is 2.86 bits per heavy atom. The fourth-order valence-corrected chi connectivity index (χ4v) is 4.63. The molecule has 1 fully saturated rings. The second-order valence-electron chi connectivity index (χ2n) is 7.98. The SMILES string of the molecule is Cc1ncc2c(n1)C1(CCN(C(=O)Cc3ccc4c(c3)CCO4)CC1)OCC2. The molecule has 0 atom stereocenters. The van der Waals surface area contributed by atoms with Crippen molar-refractivity contribution in [3.63, 3.8) is 0 Å². The molecule has 2 aromatic rings. The number of hydrogen-bond donors (Lipinski definition) is 0. The number of aromatic nitrogens is 2. The third-order valence-corrected chi connectivity index (χ3v) is 6.20. The summed E-state index contributed by atoms with van der Waals surface area (Å²) in [6.45, 7) is 4.77. The van der Waals surface area contributed by atoms with E-state index in [2.05, 4.69) is 11.1 Å². The summed E-state index contributed by atoms with van der Waals surface area (Å²) in [7, 11) is 0. The first kappa shape index (κ1) is 17.6. The Morgan fingerprint density at radius 1 is 1.18 bits per heavy atom. The second kappa shape index (κ2) is 6.85. The molecular weight excluding hydrogens is 354 g/mol. The minimum Gasteiger partial charge on any atom is -0.493 e. The lowest BCUT2D eigenvalue weighted by atomic mass is 9.83. The Balaban J connectivity index is 1.28. The van der Waals surface area contributed by atoms with E-state index in [0.29, 0.717) is 26.1 Å². The maximum atomic E-state index is 12.9. The molecule has 5 rings (SSSR count). The first-order valence-electron chi connectivity index (χ1n) is 10.1. The van der Waals surface area contributed by atoms with Gasteiger partial charge in [0.25, 0.3) is 0 Å². The van der Waals surface area contributed by atoms with Crippen molar-refractivity contribution in [3.05, 3.63) is 52.6 Å². The van der Waals surface area contributed by atoms with Gasteiger partial charge in [0.2, 0.25) is 5.91 Å². The van der Waals surface area contributed by atoms with E-state index < -0.39 is 0 Å². The largest absolute Gasteiger partial charge is 0.493 e. The van der Waals surface area contributed by atoms with Gasteiger partial charge in [0.05, 0.1) is 25.3 Å². The number of amides is 1. The minimum absolute atomic E-state index is 0.184. The minimum atomic E-state index is -0.358. The number of fused-ring (bicyclic) bond motifs is 3. The molecular formula is C22H25N3O3. The number of ether oxygens (including phenoxy) is 2. The van der Waals surface area contributed by atoms with Gasteiger partial charge >= 0.3 is 0 Å². The van der Waals surface area contributed by atoms with Gasteiger partial charge in [-0.3, -0.25) is 4.79 Å². The van der Waals surface area contributed by atoms with E-state index in [9.17, 15) is 4.79 Å². The van der Waals surface area contributed by atoms with Crippen molar-refractivity contribution in [2.45, 2.75) is 44.6 Å². The predicted molar refractivity (Wildman–Crippen MR) is 103 cm³/mol. The van der Waals surface area contributed by atoms with E-state index in [0.717, 1.165) is 55.1 Å². The van der Waals surface area contributed by atoms with Crippen LogP contribution in [0.3, 0.4) is 0 Å². The highest BCUT2D eigenvalue weighted by molar-refractivity contribution is 5.79. The van der Waals surface area contributed by atoms with E-state index in [4.69, 9.17) is 14.5 Å². The van der Waals surface area contributed by atoms with E-state index in [1.807, 2.05) is 30.2 Å². The van der Waals surface area contributed by atoms with E-state index >= 15 is 0 Å². The molecule has 28 heavy (non-hydrogen) atoms. The second-order valence-corrected chi connectivity index (χ2v) is 7.98. The Morgan fingerprint density at radius 2 is 2.00 bits per heavy atom. The molecule has 0 radical (unpaired) electrons. The molecule has 0 bridgehead atoms. The molecule has 1 saturated heterocycles.